The second kappa shape index (κ2) is 3.48. The number of ether oxygens (including phenoxy) is 1. The van der Waals surface area contributed by atoms with Crippen molar-refractivity contribution in [2.24, 2.45) is 11.3 Å². The summed E-state index contributed by atoms with van der Waals surface area (Å²) in [7, 11) is 0. The highest BCUT2D eigenvalue weighted by atomic mass is 16.5. The SMILES string of the molecule is CCOC(=O)C1(C)CCC(=N)C1C. The standard InChI is InChI=1S/C10H17NO2/c1-4-13-9(12)10(3)6-5-8(11)7(10)2/h7,11H,4-6H2,1-3H3. The quantitative estimate of drug-likeness (QED) is 0.666. The summed E-state index contributed by atoms with van der Waals surface area (Å²) in [6, 6.07) is 0. The van der Waals surface area contributed by atoms with Crippen LogP contribution in [0.4, 0.5) is 0 Å². The van der Waals surface area contributed by atoms with Crippen LogP contribution in [0.3, 0.4) is 0 Å². The van der Waals surface area contributed by atoms with E-state index in [2.05, 4.69) is 0 Å². The lowest BCUT2D eigenvalue weighted by Crippen LogP contribution is -2.33. The van der Waals surface area contributed by atoms with E-state index >= 15 is 0 Å². The number of esters is 1. The molecule has 1 saturated carbocycles. The summed E-state index contributed by atoms with van der Waals surface area (Å²) in [5.41, 5.74) is 0.225. The predicted octanol–water partition coefficient (Wildman–Crippen LogP) is 2.01. The van der Waals surface area contributed by atoms with Crippen molar-refractivity contribution < 1.29 is 9.53 Å². The normalized spacial score (nSPS) is 33.5. The Morgan fingerprint density at radius 2 is 2.38 bits per heavy atom. The van der Waals surface area contributed by atoms with Gasteiger partial charge in [0, 0.05) is 11.6 Å². The maximum absolute atomic E-state index is 11.6. The zero-order valence-corrected chi connectivity index (χ0v) is 8.52. The summed E-state index contributed by atoms with van der Waals surface area (Å²) in [5.74, 6) is -0.115. The first-order chi connectivity index (χ1) is 6.02. The summed E-state index contributed by atoms with van der Waals surface area (Å²) < 4.78 is 5.01. The third kappa shape index (κ3) is 1.60. The number of hydrogen-bond acceptors (Lipinski definition) is 3. The number of rotatable bonds is 2. The molecule has 1 aliphatic rings. The van der Waals surface area contributed by atoms with E-state index < -0.39 is 5.41 Å². The molecular weight excluding hydrogens is 166 g/mol. The van der Waals surface area contributed by atoms with Gasteiger partial charge in [0.2, 0.25) is 0 Å². The summed E-state index contributed by atoms with van der Waals surface area (Å²) in [4.78, 5) is 11.6. The minimum Gasteiger partial charge on any atom is -0.466 e. The van der Waals surface area contributed by atoms with Crippen molar-refractivity contribution in [3.05, 3.63) is 0 Å². The van der Waals surface area contributed by atoms with Crippen LogP contribution in [-0.2, 0) is 9.53 Å². The van der Waals surface area contributed by atoms with E-state index in [1.807, 2.05) is 20.8 Å². The number of carbonyl (C=O) groups excluding carboxylic acids is 1. The first-order valence-electron chi connectivity index (χ1n) is 4.77. The molecule has 3 heteroatoms. The van der Waals surface area contributed by atoms with Gasteiger partial charge in [-0.2, -0.15) is 0 Å². The molecule has 2 atom stereocenters. The second-order valence-electron chi connectivity index (χ2n) is 3.88. The molecule has 0 spiro atoms. The number of carbonyl (C=O) groups is 1. The first-order valence-corrected chi connectivity index (χ1v) is 4.77. The Morgan fingerprint density at radius 3 is 2.77 bits per heavy atom. The van der Waals surface area contributed by atoms with Crippen molar-refractivity contribution >= 4 is 11.7 Å². The van der Waals surface area contributed by atoms with Crippen LogP contribution in [-0.4, -0.2) is 18.3 Å². The summed E-state index contributed by atoms with van der Waals surface area (Å²) in [6.45, 7) is 6.07. The molecule has 74 valence electrons. The fraction of sp³-hybridized carbons (Fsp3) is 0.800. The lowest BCUT2D eigenvalue weighted by molar-refractivity contribution is -0.155. The molecule has 0 radical (unpaired) electrons. The molecule has 1 aliphatic carbocycles. The molecule has 0 aliphatic heterocycles. The van der Waals surface area contributed by atoms with Gasteiger partial charge >= 0.3 is 5.97 Å². The third-order valence-electron chi connectivity index (χ3n) is 3.13. The van der Waals surface area contributed by atoms with E-state index in [1.54, 1.807) is 0 Å². The molecular formula is C10H17NO2. The second-order valence-corrected chi connectivity index (χ2v) is 3.88. The fourth-order valence-corrected chi connectivity index (χ4v) is 1.79. The van der Waals surface area contributed by atoms with Gasteiger partial charge in [0.1, 0.15) is 0 Å². The highest BCUT2D eigenvalue weighted by molar-refractivity contribution is 5.93. The lowest BCUT2D eigenvalue weighted by Gasteiger charge is -2.25. The van der Waals surface area contributed by atoms with Crippen molar-refractivity contribution in [1.82, 2.24) is 0 Å². The summed E-state index contributed by atoms with van der Waals surface area (Å²) >= 11 is 0. The molecule has 1 fully saturated rings. The number of hydrogen-bond donors (Lipinski definition) is 1. The van der Waals surface area contributed by atoms with E-state index in [1.165, 1.54) is 0 Å². The topological polar surface area (TPSA) is 50.2 Å². The predicted molar refractivity (Wildman–Crippen MR) is 50.9 cm³/mol. The van der Waals surface area contributed by atoms with Gasteiger partial charge in [-0.15, -0.1) is 0 Å². The van der Waals surface area contributed by atoms with Crippen molar-refractivity contribution in [3.8, 4) is 0 Å². The zero-order chi connectivity index (χ0) is 10.1. The summed E-state index contributed by atoms with van der Waals surface area (Å²) in [5, 5.41) is 7.63. The molecule has 1 rings (SSSR count). The number of nitrogens with one attached hydrogen (secondary N) is 1. The smallest absolute Gasteiger partial charge is 0.312 e. The lowest BCUT2D eigenvalue weighted by atomic mass is 9.80. The van der Waals surface area contributed by atoms with Crippen molar-refractivity contribution in [3.63, 3.8) is 0 Å². The highest BCUT2D eigenvalue weighted by Gasteiger charge is 2.46. The van der Waals surface area contributed by atoms with Crippen LogP contribution in [0.2, 0.25) is 0 Å². The van der Waals surface area contributed by atoms with Crippen LogP contribution in [0.25, 0.3) is 0 Å². The van der Waals surface area contributed by atoms with Gasteiger partial charge < -0.3 is 10.1 Å². The van der Waals surface area contributed by atoms with E-state index in [-0.39, 0.29) is 11.9 Å². The minimum atomic E-state index is -0.451. The molecule has 0 heterocycles. The maximum atomic E-state index is 11.6. The third-order valence-corrected chi connectivity index (χ3v) is 3.13. The van der Waals surface area contributed by atoms with Gasteiger partial charge in [0.15, 0.2) is 0 Å². The van der Waals surface area contributed by atoms with Gasteiger partial charge in [-0.05, 0) is 26.7 Å². The zero-order valence-electron chi connectivity index (χ0n) is 8.52. The molecule has 0 aromatic carbocycles. The van der Waals surface area contributed by atoms with Gasteiger partial charge in [-0.1, -0.05) is 6.92 Å². The van der Waals surface area contributed by atoms with Crippen LogP contribution in [0, 0.1) is 16.7 Å². The largest absolute Gasteiger partial charge is 0.466 e. The van der Waals surface area contributed by atoms with E-state index in [4.69, 9.17) is 10.1 Å². The Bertz CT molecular complexity index is 237. The van der Waals surface area contributed by atoms with Gasteiger partial charge in [0.05, 0.1) is 12.0 Å². The highest BCUT2D eigenvalue weighted by Crippen LogP contribution is 2.41. The van der Waals surface area contributed by atoms with Crippen LogP contribution >= 0.6 is 0 Å². The average molecular weight is 183 g/mol. The van der Waals surface area contributed by atoms with Crippen molar-refractivity contribution in [1.29, 1.82) is 5.41 Å². The molecule has 0 amide bonds. The molecule has 3 nitrogen and oxygen atoms in total. The van der Waals surface area contributed by atoms with Crippen LogP contribution < -0.4 is 0 Å². The molecule has 2 unspecified atom stereocenters. The Morgan fingerprint density at radius 1 is 1.77 bits per heavy atom. The molecule has 0 aromatic rings. The van der Waals surface area contributed by atoms with Crippen molar-refractivity contribution in [2.75, 3.05) is 6.61 Å². The minimum absolute atomic E-state index is 0.0338. The Hall–Kier alpha value is -0.860. The first kappa shape index (κ1) is 10.2. The monoisotopic (exact) mass is 183 g/mol. The van der Waals surface area contributed by atoms with E-state index in [0.717, 1.165) is 12.8 Å². The Kier molecular flexibility index (Phi) is 2.74. The van der Waals surface area contributed by atoms with Gasteiger partial charge in [0.25, 0.3) is 0 Å². The average Bonchev–Trinajstić information content (AvgIpc) is 2.35. The van der Waals surface area contributed by atoms with Crippen LogP contribution in [0.1, 0.15) is 33.6 Å². The van der Waals surface area contributed by atoms with E-state index in [0.29, 0.717) is 12.3 Å². The maximum Gasteiger partial charge on any atom is 0.312 e. The Balaban J connectivity index is 2.76. The van der Waals surface area contributed by atoms with Crippen LogP contribution in [0.15, 0.2) is 0 Å². The van der Waals surface area contributed by atoms with Crippen molar-refractivity contribution in [2.45, 2.75) is 33.6 Å². The van der Waals surface area contributed by atoms with Gasteiger partial charge in [-0.25, -0.2) is 0 Å². The molecule has 13 heavy (non-hydrogen) atoms. The molecule has 0 aromatic heterocycles. The summed E-state index contributed by atoms with van der Waals surface area (Å²) in [6.07, 6.45) is 1.49. The molecule has 1 N–H and O–H groups in total. The van der Waals surface area contributed by atoms with E-state index in [9.17, 15) is 4.79 Å². The van der Waals surface area contributed by atoms with Gasteiger partial charge in [-0.3, -0.25) is 4.79 Å². The molecule has 0 bridgehead atoms. The Labute approximate surface area is 79.0 Å². The fourth-order valence-electron chi connectivity index (χ4n) is 1.79. The molecule has 0 saturated heterocycles. The van der Waals surface area contributed by atoms with Crippen LogP contribution in [0.5, 0.6) is 0 Å².